The predicted octanol–water partition coefficient (Wildman–Crippen LogP) is 8.81. The highest BCUT2D eigenvalue weighted by atomic mass is 16.3. The summed E-state index contributed by atoms with van der Waals surface area (Å²) in [5, 5.41) is 10.9. The quantitative estimate of drug-likeness (QED) is 0.411. The van der Waals surface area contributed by atoms with Crippen LogP contribution < -0.4 is 0 Å². The molecule has 5 aliphatic rings. The molecule has 0 heterocycles. The van der Waals surface area contributed by atoms with Gasteiger partial charge < -0.3 is 5.11 Å². The molecule has 0 aromatic rings. The smallest absolute Gasteiger partial charge is 0.0594 e. The lowest BCUT2D eigenvalue weighted by Gasteiger charge is -2.63. The second kappa shape index (κ2) is 7.14. The van der Waals surface area contributed by atoms with E-state index in [2.05, 4.69) is 62.0 Å². The van der Waals surface area contributed by atoms with E-state index in [4.69, 9.17) is 0 Å². The number of hydrogen-bond acceptors (Lipinski definition) is 1. The summed E-state index contributed by atoms with van der Waals surface area (Å²) in [4.78, 5) is 0. The van der Waals surface area contributed by atoms with Crippen molar-refractivity contribution >= 4 is 0 Å². The zero-order chi connectivity index (χ0) is 24.2. The number of hydrogen-bond donors (Lipinski definition) is 1. The second-order valence-electron chi connectivity index (χ2n) is 15.7. The van der Waals surface area contributed by atoms with Crippen LogP contribution in [0.25, 0.3) is 0 Å². The van der Waals surface area contributed by atoms with Crippen LogP contribution >= 0.6 is 0 Å². The van der Waals surface area contributed by atoms with Crippen molar-refractivity contribution < 1.29 is 5.11 Å². The molecule has 1 heteroatoms. The summed E-state index contributed by atoms with van der Waals surface area (Å²) in [6, 6.07) is 0. The van der Waals surface area contributed by atoms with Crippen molar-refractivity contribution in [3.05, 3.63) is 12.2 Å². The van der Waals surface area contributed by atoms with Gasteiger partial charge in [-0.3, -0.25) is 0 Å². The Morgan fingerprint density at radius 1 is 0.909 bits per heavy atom. The summed E-state index contributed by atoms with van der Waals surface area (Å²) in [6.45, 7) is 24.1. The Balaban J connectivity index is 1.38. The third-order valence-corrected chi connectivity index (χ3v) is 14.2. The number of aliphatic hydroxyl groups is 1. The summed E-state index contributed by atoms with van der Waals surface area (Å²) in [5.41, 5.74) is 3.92. The summed E-state index contributed by atoms with van der Waals surface area (Å²) in [6.07, 6.45) is 15.0. The zero-order valence-electron chi connectivity index (χ0n) is 23.3. The molecule has 0 aromatic carbocycles. The van der Waals surface area contributed by atoms with Crippen molar-refractivity contribution in [2.24, 2.45) is 56.2 Å². The molecule has 0 saturated heterocycles. The standard InChI is InChI=1S/C32H54O/c1-21(2)27(4,5)15-12-22(3)23-13-16-30(9)25-11-10-24-28(6,7)26(33)14-17-31(24)20-32(25,31)19-18-29(23,30)8/h22-26,33H,1,10-20H2,2-9H3/t22-,23-,24?,25?,26+,29-,30+,31-,32+/m1/s1. The Labute approximate surface area is 205 Å². The summed E-state index contributed by atoms with van der Waals surface area (Å²) < 4.78 is 0. The van der Waals surface area contributed by atoms with Crippen molar-refractivity contribution in [1.82, 2.24) is 0 Å². The molecule has 188 valence electrons. The fraction of sp³-hybridized carbons (Fsp3) is 0.938. The highest BCUT2D eigenvalue weighted by molar-refractivity contribution is 5.30. The van der Waals surface area contributed by atoms with Crippen LogP contribution in [0.4, 0.5) is 0 Å². The minimum absolute atomic E-state index is 0.0908. The first-order valence-corrected chi connectivity index (χ1v) is 14.5. The van der Waals surface area contributed by atoms with Gasteiger partial charge in [-0.25, -0.2) is 0 Å². The van der Waals surface area contributed by atoms with Crippen molar-refractivity contribution in [1.29, 1.82) is 0 Å². The van der Waals surface area contributed by atoms with Crippen LogP contribution in [0.3, 0.4) is 0 Å². The molecule has 0 amide bonds. The van der Waals surface area contributed by atoms with E-state index in [-0.39, 0.29) is 16.9 Å². The van der Waals surface area contributed by atoms with Gasteiger partial charge in [-0.1, -0.05) is 60.6 Å². The largest absolute Gasteiger partial charge is 0.393 e. The van der Waals surface area contributed by atoms with E-state index >= 15 is 0 Å². The molecule has 0 aromatic heterocycles. The van der Waals surface area contributed by atoms with Gasteiger partial charge in [0.1, 0.15) is 0 Å². The van der Waals surface area contributed by atoms with Crippen LogP contribution in [-0.2, 0) is 0 Å². The van der Waals surface area contributed by atoms with E-state index in [1.165, 1.54) is 69.8 Å². The van der Waals surface area contributed by atoms with Crippen molar-refractivity contribution in [3.8, 4) is 0 Å². The Morgan fingerprint density at radius 3 is 2.21 bits per heavy atom. The molecule has 9 atom stereocenters. The molecule has 2 unspecified atom stereocenters. The third kappa shape index (κ3) is 2.93. The van der Waals surface area contributed by atoms with Gasteiger partial charge in [0.05, 0.1) is 6.10 Å². The maximum absolute atomic E-state index is 10.9. The van der Waals surface area contributed by atoms with Crippen LogP contribution in [0, 0.1) is 56.2 Å². The van der Waals surface area contributed by atoms with E-state index < -0.39 is 0 Å². The number of aliphatic hydroxyl groups excluding tert-OH is 1. The van der Waals surface area contributed by atoms with Gasteiger partial charge in [0, 0.05) is 0 Å². The van der Waals surface area contributed by atoms with Crippen LogP contribution in [0.15, 0.2) is 12.2 Å². The van der Waals surface area contributed by atoms with Crippen molar-refractivity contribution in [3.63, 3.8) is 0 Å². The molecule has 5 saturated carbocycles. The Morgan fingerprint density at radius 2 is 1.55 bits per heavy atom. The fourth-order valence-electron chi connectivity index (χ4n) is 11.3. The Hall–Kier alpha value is -0.300. The minimum atomic E-state index is -0.0908. The first kappa shape index (κ1) is 24.4. The van der Waals surface area contributed by atoms with Gasteiger partial charge >= 0.3 is 0 Å². The molecule has 5 aliphatic carbocycles. The predicted molar refractivity (Wildman–Crippen MR) is 140 cm³/mol. The van der Waals surface area contributed by atoms with Gasteiger partial charge in [-0.05, 0) is 134 Å². The molecular formula is C32H54O. The van der Waals surface area contributed by atoms with Crippen molar-refractivity contribution in [2.45, 2.75) is 132 Å². The molecule has 5 fully saturated rings. The van der Waals surface area contributed by atoms with Crippen LogP contribution in [0.1, 0.15) is 126 Å². The van der Waals surface area contributed by atoms with Gasteiger partial charge in [-0.2, -0.15) is 0 Å². The molecule has 1 N–H and O–H groups in total. The normalized spacial score (nSPS) is 51.1. The zero-order valence-corrected chi connectivity index (χ0v) is 23.3. The fourth-order valence-corrected chi connectivity index (χ4v) is 11.3. The van der Waals surface area contributed by atoms with Crippen LogP contribution in [0.2, 0.25) is 0 Å². The molecule has 0 radical (unpaired) electrons. The molecule has 1 nitrogen and oxygen atoms in total. The Kier molecular flexibility index (Phi) is 5.28. The van der Waals surface area contributed by atoms with E-state index in [1.807, 2.05) is 0 Å². The number of rotatable bonds is 5. The van der Waals surface area contributed by atoms with E-state index in [9.17, 15) is 5.11 Å². The average Bonchev–Trinajstić information content (AvgIpc) is 3.32. The Bertz CT molecular complexity index is 822. The van der Waals surface area contributed by atoms with E-state index in [1.54, 1.807) is 0 Å². The molecule has 2 spiro atoms. The SMILES string of the molecule is C=C(C)C(C)(C)CC[C@@H](C)[C@H]1CC[C@@]2(C)C3CCC4C(C)(C)[C@@H](O)CC[C@@]45C[C@@]35CC[C@]12C. The third-order valence-electron chi connectivity index (χ3n) is 14.2. The molecule has 5 rings (SSSR count). The highest BCUT2D eigenvalue weighted by Gasteiger charge is 2.82. The molecule has 0 aliphatic heterocycles. The summed E-state index contributed by atoms with van der Waals surface area (Å²) in [7, 11) is 0. The van der Waals surface area contributed by atoms with Crippen LogP contribution in [-0.4, -0.2) is 11.2 Å². The molecule has 0 bridgehead atoms. The topological polar surface area (TPSA) is 20.2 Å². The van der Waals surface area contributed by atoms with Gasteiger partial charge in [-0.15, -0.1) is 0 Å². The maximum atomic E-state index is 10.9. The average molecular weight is 455 g/mol. The number of allylic oxidation sites excluding steroid dienone is 1. The van der Waals surface area contributed by atoms with Crippen LogP contribution in [0.5, 0.6) is 0 Å². The minimum Gasteiger partial charge on any atom is -0.393 e. The summed E-state index contributed by atoms with van der Waals surface area (Å²) in [5.74, 6) is 3.38. The second-order valence-corrected chi connectivity index (χ2v) is 15.7. The van der Waals surface area contributed by atoms with Gasteiger partial charge in [0.2, 0.25) is 0 Å². The number of fused-ring (bicyclic) bond motifs is 2. The van der Waals surface area contributed by atoms with Gasteiger partial charge in [0.25, 0.3) is 0 Å². The summed E-state index contributed by atoms with van der Waals surface area (Å²) >= 11 is 0. The van der Waals surface area contributed by atoms with E-state index in [0.717, 1.165) is 30.1 Å². The lowest BCUT2D eigenvalue weighted by atomic mass is 9.41. The maximum Gasteiger partial charge on any atom is 0.0594 e. The lowest BCUT2D eigenvalue weighted by Crippen LogP contribution is -2.57. The first-order chi connectivity index (χ1) is 15.2. The monoisotopic (exact) mass is 454 g/mol. The van der Waals surface area contributed by atoms with E-state index in [0.29, 0.717) is 21.7 Å². The lowest BCUT2D eigenvalue weighted by molar-refractivity contribution is -0.161. The molecule has 33 heavy (non-hydrogen) atoms. The highest BCUT2D eigenvalue weighted by Crippen LogP contribution is 2.89. The molecular weight excluding hydrogens is 400 g/mol. The van der Waals surface area contributed by atoms with Gasteiger partial charge in [0.15, 0.2) is 0 Å². The first-order valence-electron chi connectivity index (χ1n) is 14.5. The van der Waals surface area contributed by atoms with Crippen molar-refractivity contribution in [2.75, 3.05) is 0 Å².